The van der Waals surface area contributed by atoms with Crippen molar-refractivity contribution < 1.29 is 0 Å². The Balaban J connectivity index is 2.04. The van der Waals surface area contributed by atoms with E-state index in [0.717, 1.165) is 9.84 Å². The van der Waals surface area contributed by atoms with Crippen LogP contribution in [0.5, 0.6) is 0 Å². The number of halogens is 2. The van der Waals surface area contributed by atoms with E-state index in [4.69, 9.17) is 0 Å². The summed E-state index contributed by atoms with van der Waals surface area (Å²) in [6, 6.07) is 7.23. The monoisotopic (exact) mass is 377 g/mol. The molecule has 3 rings (SSSR count). The van der Waals surface area contributed by atoms with Crippen molar-refractivity contribution in [2.75, 3.05) is 5.32 Å². The quantitative estimate of drug-likeness (QED) is 0.524. The van der Waals surface area contributed by atoms with Crippen LogP contribution in [0.15, 0.2) is 22.7 Å². The molecule has 1 aromatic rings. The van der Waals surface area contributed by atoms with Crippen molar-refractivity contribution in [3.8, 4) is 0 Å². The normalized spacial score (nSPS) is 33.1. The third-order valence-electron chi connectivity index (χ3n) is 3.57. The molecule has 0 spiro atoms. The van der Waals surface area contributed by atoms with Crippen molar-refractivity contribution in [2.24, 2.45) is 0 Å². The molecule has 3 heteroatoms. The Hall–Kier alpha value is 0.230. The molecular formula is C12H13BrIN. The van der Waals surface area contributed by atoms with Crippen LogP contribution in [0, 0.1) is 0 Å². The Morgan fingerprint density at radius 2 is 2.20 bits per heavy atom. The van der Waals surface area contributed by atoms with Crippen LogP contribution in [0.3, 0.4) is 0 Å². The van der Waals surface area contributed by atoms with Crippen LogP contribution in [-0.2, 0) is 0 Å². The zero-order valence-corrected chi connectivity index (χ0v) is 12.1. The highest BCUT2D eigenvalue weighted by atomic mass is 127. The molecule has 0 saturated heterocycles. The Morgan fingerprint density at radius 3 is 3.07 bits per heavy atom. The van der Waals surface area contributed by atoms with E-state index >= 15 is 0 Å². The molecule has 1 heterocycles. The number of anilines is 1. The topological polar surface area (TPSA) is 12.0 Å². The molecule has 0 radical (unpaired) electrons. The molecular weight excluding hydrogens is 365 g/mol. The van der Waals surface area contributed by atoms with Crippen LogP contribution >= 0.6 is 38.5 Å². The van der Waals surface area contributed by atoms with E-state index in [1.165, 1.54) is 35.0 Å². The van der Waals surface area contributed by atoms with E-state index in [9.17, 15) is 0 Å². The van der Waals surface area contributed by atoms with Gasteiger partial charge in [-0.15, -0.1) is 0 Å². The lowest BCUT2D eigenvalue weighted by atomic mass is 9.83. The van der Waals surface area contributed by atoms with E-state index in [-0.39, 0.29) is 0 Å². The maximum absolute atomic E-state index is 3.70. The van der Waals surface area contributed by atoms with Gasteiger partial charge in [-0.3, -0.25) is 0 Å². The zero-order chi connectivity index (χ0) is 10.4. The number of hydrogen-bond donors (Lipinski definition) is 1. The van der Waals surface area contributed by atoms with E-state index in [0.29, 0.717) is 6.04 Å². The summed E-state index contributed by atoms with van der Waals surface area (Å²) in [5.74, 6) is 0.744. The summed E-state index contributed by atoms with van der Waals surface area (Å²) in [4.78, 5) is 0. The summed E-state index contributed by atoms with van der Waals surface area (Å²) in [6.45, 7) is 0. The summed E-state index contributed by atoms with van der Waals surface area (Å²) in [6.07, 6.45) is 4.09. The fourth-order valence-corrected chi connectivity index (χ4v) is 4.47. The number of nitrogens with one attached hydrogen (secondary N) is 1. The van der Waals surface area contributed by atoms with Crippen molar-refractivity contribution in [2.45, 2.75) is 35.1 Å². The van der Waals surface area contributed by atoms with Crippen molar-refractivity contribution >= 4 is 44.2 Å². The minimum atomic E-state index is 0.660. The van der Waals surface area contributed by atoms with Gasteiger partial charge in [0, 0.05) is 20.4 Å². The molecule has 1 aromatic carbocycles. The summed E-state index contributed by atoms with van der Waals surface area (Å²) in [5, 5.41) is 3.70. The van der Waals surface area contributed by atoms with Crippen LogP contribution in [-0.4, -0.2) is 9.97 Å². The Labute approximate surface area is 112 Å². The second-order valence-electron chi connectivity index (χ2n) is 4.43. The molecule has 1 fully saturated rings. The van der Waals surface area contributed by atoms with Crippen molar-refractivity contribution in [3.63, 3.8) is 0 Å². The number of fused-ring (bicyclic) bond motifs is 3. The summed E-state index contributed by atoms with van der Waals surface area (Å²) >= 11 is 6.24. The molecule has 0 amide bonds. The lowest BCUT2D eigenvalue weighted by Crippen LogP contribution is -2.34. The molecule has 1 aliphatic carbocycles. The molecule has 3 unspecified atom stereocenters. The third-order valence-corrected chi connectivity index (χ3v) is 5.63. The van der Waals surface area contributed by atoms with Crippen LogP contribution in [0.4, 0.5) is 5.69 Å². The first-order valence-corrected chi connectivity index (χ1v) is 7.50. The summed E-state index contributed by atoms with van der Waals surface area (Å²) in [5.41, 5.74) is 2.87. The van der Waals surface area contributed by atoms with Gasteiger partial charge in [0.05, 0.1) is 5.69 Å². The SMILES string of the molecule is Brc1cccc2c1NC1C(I)CCCC21. The standard InChI is InChI=1S/C12H13BrIN/c13-9-5-1-3-7-8-4-2-6-10(14)12(8)15-11(7)9/h1,3,5,8,10,12,15H,2,4,6H2. The molecule has 3 atom stereocenters. The molecule has 1 saturated carbocycles. The van der Waals surface area contributed by atoms with Crippen molar-refractivity contribution in [1.29, 1.82) is 0 Å². The van der Waals surface area contributed by atoms with Gasteiger partial charge in [-0.25, -0.2) is 0 Å². The van der Waals surface area contributed by atoms with Crippen molar-refractivity contribution in [1.82, 2.24) is 0 Å². The van der Waals surface area contributed by atoms with Gasteiger partial charge < -0.3 is 5.32 Å². The number of hydrogen-bond acceptors (Lipinski definition) is 1. The zero-order valence-electron chi connectivity index (χ0n) is 8.34. The molecule has 2 aliphatic rings. The van der Waals surface area contributed by atoms with Gasteiger partial charge in [-0.05, 0) is 40.4 Å². The lowest BCUT2D eigenvalue weighted by molar-refractivity contribution is 0.442. The van der Waals surface area contributed by atoms with Gasteiger partial charge in [-0.1, -0.05) is 41.1 Å². The van der Waals surface area contributed by atoms with Gasteiger partial charge in [0.15, 0.2) is 0 Å². The first-order chi connectivity index (χ1) is 7.27. The van der Waals surface area contributed by atoms with Crippen LogP contribution in [0.2, 0.25) is 0 Å². The highest BCUT2D eigenvalue weighted by Crippen LogP contribution is 2.48. The fraction of sp³-hybridized carbons (Fsp3) is 0.500. The second-order valence-corrected chi connectivity index (χ2v) is 6.88. The Bertz CT molecular complexity index is 393. The molecule has 1 aliphatic heterocycles. The van der Waals surface area contributed by atoms with Gasteiger partial charge in [0.25, 0.3) is 0 Å². The molecule has 80 valence electrons. The summed E-state index contributed by atoms with van der Waals surface area (Å²) < 4.78 is 2.00. The van der Waals surface area contributed by atoms with E-state index < -0.39 is 0 Å². The van der Waals surface area contributed by atoms with Gasteiger partial charge in [0.2, 0.25) is 0 Å². The predicted octanol–water partition coefficient (Wildman–Crippen LogP) is 4.31. The molecule has 15 heavy (non-hydrogen) atoms. The maximum atomic E-state index is 3.70. The minimum absolute atomic E-state index is 0.660. The lowest BCUT2D eigenvalue weighted by Gasteiger charge is -2.30. The number of benzene rings is 1. The highest BCUT2D eigenvalue weighted by molar-refractivity contribution is 14.1. The van der Waals surface area contributed by atoms with Crippen LogP contribution in [0.25, 0.3) is 0 Å². The van der Waals surface area contributed by atoms with E-state index in [2.05, 4.69) is 62.0 Å². The minimum Gasteiger partial charge on any atom is -0.379 e. The first-order valence-electron chi connectivity index (χ1n) is 5.46. The number of alkyl halides is 1. The first kappa shape index (κ1) is 10.4. The van der Waals surface area contributed by atoms with Gasteiger partial charge >= 0.3 is 0 Å². The maximum Gasteiger partial charge on any atom is 0.0523 e. The predicted molar refractivity (Wildman–Crippen MR) is 76.0 cm³/mol. The van der Waals surface area contributed by atoms with Crippen molar-refractivity contribution in [3.05, 3.63) is 28.2 Å². The Morgan fingerprint density at radius 1 is 1.33 bits per heavy atom. The smallest absolute Gasteiger partial charge is 0.0523 e. The molecule has 0 bridgehead atoms. The third kappa shape index (κ3) is 1.62. The van der Waals surface area contributed by atoms with Gasteiger partial charge in [-0.2, -0.15) is 0 Å². The van der Waals surface area contributed by atoms with E-state index in [1.807, 2.05) is 0 Å². The van der Waals surface area contributed by atoms with E-state index in [1.54, 1.807) is 0 Å². The second kappa shape index (κ2) is 3.91. The van der Waals surface area contributed by atoms with Crippen LogP contribution in [0.1, 0.15) is 30.7 Å². The molecule has 1 nitrogen and oxygen atoms in total. The number of rotatable bonds is 0. The molecule has 1 N–H and O–H groups in total. The summed E-state index contributed by atoms with van der Waals surface area (Å²) in [7, 11) is 0. The highest BCUT2D eigenvalue weighted by Gasteiger charge is 2.39. The fourth-order valence-electron chi connectivity index (χ4n) is 2.85. The van der Waals surface area contributed by atoms with Gasteiger partial charge in [0.1, 0.15) is 0 Å². The number of para-hydroxylation sites is 1. The Kier molecular flexibility index (Phi) is 2.71. The average Bonchev–Trinajstić information content (AvgIpc) is 2.60. The molecule has 0 aromatic heterocycles. The van der Waals surface area contributed by atoms with Crippen LogP contribution < -0.4 is 5.32 Å². The largest absolute Gasteiger partial charge is 0.379 e. The average molecular weight is 378 g/mol.